The Labute approximate surface area is 247 Å². The van der Waals surface area contributed by atoms with Gasteiger partial charge in [0.05, 0.1) is 25.9 Å². The molecular formula is C35H46O5Si. The molecule has 0 unspecified atom stereocenters. The number of carbonyl (C=O) groups excluding carboxylic acids is 1. The smallest absolute Gasteiger partial charge is 0.192 e. The van der Waals surface area contributed by atoms with Crippen LogP contribution in [-0.2, 0) is 43.3 Å². The summed E-state index contributed by atoms with van der Waals surface area (Å²) in [6.45, 7) is 12.4. The highest BCUT2D eigenvalue weighted by molar-refractivity contribution is 6.74. The summed E-state index contributed by atoms with van der Waals surface area (Å²) in [5, 5.41) is 0.0266. The Morgan fingerprint density at radius 1 is 0.683 bits per heavy atom. The van der Waals surface area contributed by atoms with Gasteiger partial charge < -0.3 is 18.6 Å². The third kappa shape index (κ3) is 8.93. The van der Waals surface area contributed by atoms with E-state index in [1.54, 1.807) is 0 Å². The van der Waals surface area contributed by atoms with Crippen LogP contribution in [0.1, 0.15) is 56.7 Å². The zero-order valence-electron chi connectivity index (χ0n) is 25.3. The minimum atomic E-state index is -2.17. The fourth-order valence-electron chi connectivity index (χ4n) is 4.90. The summed E-state index contributed by atoms with van der Waals surface area (Å²) in [4.78, 5) is 13.7. The average Bonchev–Trinajstić information content (AvgIpc) is 2.95. The van der Waals surface area contributed by atoms with Crippen LogP contribution < -0.4 is 0 Å². The first-order valence-electron chi connectivity index (χ1n) is 14.8. The van der Waals surface area contributed by atoms with Gasteiger partial charge in [0.2, 0.25) is 0 Å². The molecule has 41 heavy (non-hydrogen) atoms. The van der Waals surface area contributed by atoms with E-state index in [0.717, 1.165) is 29.5 Å². The molecule has 0 amide bonds. The monoisotopic (exact) mass is 574 g/mol. The number of hydrogen-bond donors (Lipinski definition) is 0. The van der Waals surface area contributed by atoms with E-state index in [4.69, 9.17) is 18.6 Å². The van der Waals surface area contributed by atoms with Crippen LogP contribution in [0, 0.1) is 0 Å². The number of rotatable bonds is 11. The highest BCUT2D eigenvalue weighted by atomic mass is 28.4. The lowest BCUT2D eigenvalue weighted by atomic mass is 9.90. The Balaban J connectivity index is 1.69. The third-order valence-corrected chi connectivity index (χ3v) is 12.8. The molecule has 0 aromatic heterocycles. The van der Waals surface area contributed by atoms with Crippen molar-refractivity contribution in [2.45, 2.75) is 102 Å². The van der Waals surface area contributed by atoms with Crippen LogP contribution in [-0.4, -0.2) is 38.5 Å². The Bertz CT molecular complexity index is 1190. The summed E-state index contributed by atoms with van der Waals surface area (Å²) in [5.41, 5.74) is 3.11. The number of ketones is 1. The Hall–Kier alpha value is -2.61. The maximum atomic E-state index is 13.7. The molecule has 0 aliphatic heterocycles. The van der Waals surface area contributed by atoms with E-state index in [1.807, 2.05) is 78.9 Å². The molecule has 0 heterocycles. The van der Waals surface area contributed by atoms with Gasteiger partial charge >= 0.3 is 0 Å². The van der Waals surface area contributed by atoms with E-state index >= 15 is 0 Å². The highest BCUT2D eigenvalue weighted by Gasteiger charge is 2.47. The van der Waals surface area contributed by atoms with Gasteiger partial charge in [0.1, 0.15) is 18.3 Å². The molecule has 1 aliphatic rings. The van der Waals surface area contributed by atoms with Crippen LogP contribution in [0.3, 0.4) is 0 Å². The summed E-state index contributed by atoms with van der Waals surface area (Å²) >= 11 is 0. The lowest BCUT2D eigenvalue weighted by molar-refractivity contribution is -0.186. The van der Waals surface area contributed by atoms with Crippen molar-refractivity contribution in [1.82, 2.24) is 0 Å². The molecule has 6 heteroatoms. The summed E-state index contributed by atoms with van der Waals surface area (Å²) < 4.78 is 26.9. The molecule has 0 N–H and O–H groups in total. The first kappa shape index (κ1) is 31.3. The number of hydrogen-bond acceptors (Lipinski definition) is 5. The van der Waals surface area contributed by atoms with Gasteiger partial charge in [0.25, 0.3) is 0 Å². The second kappa shape index (κ2) is 14.5. The van der Waals surface area contributed by atoms with Crippen molar-refractivity contribution in [3.05, 3.63) is 108 Å². The van der Waals surface area contributed by atoms with Gasteiger partial charge in [-0.1, -0.05) is 112 Å². The molecule has 0 radical (unpaired) electrons. The molecule has 4 rings (SSSR count). The molecule has 4 atom stereocenters. The molecule has 1 aliphatic carbocycles. The van der Waals surface area contributed by atoms with Gasteiger partial charge in [-0.05, 0) is 47.7 Å². The second-order valence-corrected chi connectivity index (χ2v) is 17.3. The molecule has 0 spiro atoms. The van der Waals surface area contributed by atoms with Crippen molar-refractivity contribution < 1.29 is 23.4 Å². The second-order valence-electron chi connectivity index (χ2n) is 12.5. The third-order valence-electron chi connectivity index (χ3n) is 8.31. The van der Waals surface area contributed by atoms with E-state index in [-0.39, 0.29) is 16.9 Å². The maximum Gasteiger partial charge on any atom is 0.192 e. The zero-order chi connectivity index (χ0) is 29.3. The minimum Gasteiger partial charge on any atom is -0.411 e. The topological polar surface area (TPSA) is 54.0 Å². The van der Waals surface area contributed by atoms with Gasteiger partial charge in [-0.25, -0.2) is 0 Å². The molecule has 5 nitrogen and oxygen atoms in total. The molecule has 1 saturated carbocycles. The number of benzene rings is 3. The summed E-state index contributed by atoms with van der Waals surface area (Å²) in [6.07, 6.45) is -0.244. The van der Waals surface area contributed by atoms with Crippen LogP contribution in [0.15, 0.2) is 91.0 Å². The van der Waals surface area contributed by atoms with Crippen LogP contribution in [0.25, 0.3) is 0 Å². The molecule has 0 saturated heterocycles. The summed E-state index contributed by atoms with van der Waals surface area (Å²) in [6, 6.07) is 30.2. The van der Waals surface area contributed by atoms with Crippen molar-refractivity contribution in [2.75, 3.05) is 0 Å². The minimum absolute atomic E-state index is 0.0266. The maximum absolute atomic E-state index is 13.7. The largest absolute Gasteiger partial charge is 0.411 e. The van der Waals surface area contributed by atoms with E-state index < -0.39 is 26.6 Å². The lowest BCUT2D eigenvalue weighted by Gasteiger charge is -2.44. The van der Waals surface area contributed by atoms with Crippen molar-refractivity contribution in [3.8, 4) is 0 Å². The van der Waals surface area contributed by atoms with E-state index in [1.165, 1.54) is 0 Å². The van der Waals surface area contributed by atoms with Crippen LogP contribution in [0.2, 0.25) is 18.1 Å². The van der Waals surface area contributed by atoms with Crippen molar-refractivity contribution >= 4 is 14.1 Å². The standard InChI is InChI=1S/C35H46O5Si/c1-35(2,3)41(4,5)40-31-23-15-22-30(36)32(37-24-27-16-9-6-10-17-27)34(39-26-29-20-13-8-14-21-29)33(31)38-25-28-18-11-7-12-19-28/h6-14,16-21,31-34H,15,22-26H2,1-5H3/t31-,32-,33+,34+/m0/s1. The molecule has 0 bridgehead atoms. The molecule has 3 aromatic rings. The molecule has 3 aromatic carbocycles. The van der Waals surface area contributed by atoms with Crippen LogP contribution >= 0.6 is 0 Å². The molecule has 1 fully saturated rings. The van der Waals surface area contributed by atoms with Gasteiger partial charge in [-0.3, -0.25) is 4.79 Å². The predicted molar refractivity (Wildman–Crippen MR) is 166 cm³/mol. The fraction of sp³-hybridized carbons (Fsp3) is 0.457. The Morgan fingerprint density at radius 2 is 1.12 bits per heavy atom. The van der Waals surface area contributed by atoms with Gasteiger partial charge in [0, 0.05) is 6.42 Å². The Morgan fingerprint density at radius 3 is 1.59 bits per heavy atom. The number of ether oxygens (including phenoxy) is 3. The highest BCUT2D eigenvalue weighted by Crippen LogP contribution is 2.40. The van der Waals surface area contributed by atoms with Crippen molar-refractivity contribution in [1.29, 1.82) is 0 Å². The van der Waals surface area contributed by atoms with Gasteiger partial charge in [0.15, 0.2) is 14.1 Å². The number of Topliss-reactive ketones (excluding diaryl/α,β-unsaturated/α-hetero) is 1. The normalized spacial score (nSPS) is 22.2. The molecular weight excluding hydrogens is 528 g/mol. The van der Waals surface area contributed by atoms with E-state index in [2.05, 4.69) is 46.0 Å². The quantitative estimate of drug-likeness (QED) is 0.218. The van der Waals surface area contributed by atoms with E-state index in [0.29, 0.717) is 26.2 Å². The zero-order valence-corrected chi connectivity index (χ0v) is 26.3. The summed E-state index contributed by atoms with van der Waals surface area (Å²) in [7, 11) is -2.17. The van der Waals surface area contributed by atoms with E-state index in [9.17, 15) is 4.79 Å². The van der Waals surface area contributed by atoms with Crippen LogP contribution in [0.5, 0.6) is 0 Å². The molecule has 220 valence electrons. The van der Waals surface area contributed by atoms with Crippen molar-refractivity contribution in [2.24, 2.45) is 0 Å². The SMILES string of the molecule is CC(C)(C)[Si](C)(C)O[C@H]1CCCC(=O)[C@H](OCc2ccccc2)[C@@H](OCc2ccccc2)[C@@H]1OCc1ccccc1. The summed E-state index contributed by atoms with van der Waals surface area (Å²) in [5.74, 6) is 0.0538. The first-order chi connectivity index (χ1) is 19.6. The number of carbonyl (C=O) groups is 1. The van der Waals surface area contributed by atoms with Crippen LogP contribution in [0.4, 0.5) is 0 Å². The van der Waals surface area contributed by atoms with Crippen molar-refractivity contribution in [3.63, 3.8) is 0 Å². The Kier molecular flexibility index (Phi) is 11.1. The van der Waals surface area contributed by atoms with Gasteiger partial charge in [-0.2, -0.15) is 0 Å². The lowest BCUT2D eigenvalue weighted by Crippen LogP contribution is -2.56. The van der Waals surface area contributed by atoms with Gasteiger partial charge in [-0.15, -0.1) is 0 Å². The predicted octanol–water partition coefficient (Wildman–Crippen LogP) is 7.89. The fourth-order valence-corrected chi connectivity index (χ4v) is 6.26. The first-order valence-corrected chi connectivity index (χ1v) is 17.7. The average molecular weight is 575 g/mol.